The Morgan fingerprint density at radius 3 is 2.82 bits per heavy atom. The fraction of sp³-hybridized carbons (Fsp3) is 0.643. The van der Waals surface area contributed by atoms with Crippen LogP contribution >= 0.6 is 0 Å². The Kier molecular flexibility index (Phi) is 4.93. The molecule has 0 bridgehead atoms. The van der Waals surface area contributed by atoms with Crippen molar-refractivity contribution in [3.8, 4) is 0 Å². The molecule has 1 aliphatic rings. The number of pyridine rings is 1. The minimum absolute atomic E-state index is 0.0429. The van der Waals surface area contributed by atoms with E-state index in [2.05, 4.69) is 4.72 Å². The lowest BCUT2D eigenvalue weighted by Gasteiger charge is -2.23. The van der Waals surface area contributed by atoms with Crippen molar-refractivity contribution in [2.24, 2.45) is 0 Å². The van der Waals surface area contributed by atoms with Gasteiger partial charge in [0.15, 0.2) is 0 Å². The fourth-order valence-electron chi connectivity index (χ4n) is 2.34. The quantitative estimate of drug-likeness (QED) is 0.840. The maximum atomic E-state index is 12.4. The van der Waals surface area contributed by atoms with E-state index in [1.54, 1.807) is 26.1 Å². The summed E-state index contributed by atoms with van der Waals surface area (Å²) in [6, 6.07) is 3.07. The van der Waals surface area contributed by atoms with Gasteiger partial charge in [0.1, 0.15) is 5.69 Å². The van der Waals surface area contributed by atoms with Crippen LogP contribution in [0.2, 0.25) is 0 Å². The molecule has 1 aromatic heterocycles. The van der Waals surface area contributed by atoms with E-state index in [0.29, 0.717) is 13.2 Å². The minimum Gasteiger partial charge on any atom is -0.379 e. The van der Waals surface area contributed by atoms with Crippen molar-refractivity contribution in [3.63, 3.8) is 0 Å². The fourth-order valence-corrected chi connectivity index (χ4v) is 3.93. The van der Waals surface area contributed by atoms with Crippen LogP contribution in [0.5, 0.6) is 0 Å². The summed E-state index contributed by atoms with van der Waals surface area (Å²) in [5.41, 5.74) is -1.16. The van der Waals surface area contributed by atoms with Crippen molar-refractivity contribution in [3.05, 3.63) is 28.7 Å². The van der Waals surface area contributed by atoms with Gasteiger partial charge in [-0.1, -0.05) is 0 Å². The molecule has 1 fully saturated rings. The highest BCUT2D eigenvalue weighted by Crippen LogP contribution is 2.18. The monoisotopic (exact) mass is 330 g/mol. The summed E-state index contributed by atoms with van der Waals surface area (Å²) in [5, 5.41) is 0. The highest BCUT2D eigenvalue weighted by Gasteiger charge is 2.27. The van der Waals surface area contributed by atoms with E-state index in [4.69, 9.17) is 9.47 Å². The van der Waals surface area contributed by atoms with Gasteiger partial charge in [-0.2, -0.15) is 0 Å². The topological polar surface area (TPSA) is 86.6 Å². The number of rotatable bonds is 6. The summed E-state index contributed by atoms with van der Waals surface area (Å²) in [6.07, 6.45) is 2.39. The van der Waals surface area contributed by atoms with Crippen molar-refractivity contribution < 1.29 is 17.9 Å². The van der Waals surface area contributed by atoms with E-state index in [0.717, 1.165) is 6.42 Å². The molecule has 8 heteroatoms. The molecule has 0 saturated carbocycles. The average molecular weight is 330 g/mol. The summed E-state index contributed by atoms with van der Waals surface area (Å²) >= 11 is 0. The van der Waals surface area contributed by atoms with E-state index in [1.807, 2.05) is 0 Å². The third-order valence-corrected chi connectivity index (χ3v) is 5.24. The summed E-state index contributed by atoms with van der Waals surface area (Å²) in [7, 11) is -2.24. The Bertz CT molecular complexity index is 675. The number of hydrogen-bond donors (Lipinski definition) is 1. The molecule has 1 aliphatic heterocycles. The highest BCUT2D eigenvalue weighted by atomic mass is 32.2. The molecule has 124 valence electrons. The van der Waals surface area contributed by atoms with E-state index in [-0.39, 0.29) is 23.0 Å². The maximum absolute atomic E-state index is 12.4. The molecule has 0 spiro atoms. The van der Waals surface area contributed by atoms with Gasteiger partial charge in [0.05, 0.1) is 24.0 Å². The zero-order valence-electron chi connectivity index (χ0n) is 13.0. The third-order valence-electron chi connectivity index (χ3n) is 3.63. The smallest absolute Gasteiger partial charge is 0.275 e. The lowest BCUT2D eigenvalue weighted by Crippen LogP contribution is -2.37. The molecule has 1 N–H and O–H groups in total. The lowest BCUT2D eigenvalue weighted by molar-refractivity contribution is 0.0426. The van der Waals surface area contributed by atoms with Crippen molar-refractivity contribution in [2.75, 3.05) is 30.8 Å². The SMILES string of the molecule is COC(C)(C)CS(=O)(=O)Nc1cccn(C2CCOC2)c1=O. The van der Waals surface area contributed by atoms with Crippen LogP contribution in [-0.2, 0) is 19.5 Å². The van der Waals surface area contributed by atoms with Crippen LogP contribution in [0, 0.1) is 0 Å². The largest absolute Gasteiger partial charge is 0.379 e. The molecule has 0 amide bonds. The van der Waals surface area contributed by atoms with E-state index in [9.17, 15) is 13.2 Å². The summed E-state index contributed by atoms with van der Waals surface area (Å²) < 4.78 is 38.7. The molecular weight excluding hydrogens is 308 g/mol. The number of sulfonamides is 1. The van der Waals surface area contributed by atoms with Gasteiger partial charge < -0.3 is 14.0 Å². The number of nitrogens with zero attached hydrogens (tertiary/aromatic N) is 1. The Balaban J connectivity index is 2.23. The van der Waals surface area contributed by atoms with E-state index >= 15 is 0 Å². The van der Waals surface area contributed by atoms with E-state index < -0.39 is 15.6 Å². The summed E-state index contributed by atoms with van der Waals surface area (Å²) in [4.78, 5) is 12.4. The molecule has 0 aromatic carbocycles. The normalized spacial score (nSPS) is 19.3. The molecule has 0 aliphatic carbocycles. The standard InChI is InChI=1S/C14H22N2O5S/c1-14(2,20-3)10-22(18,19)15-12-5-4-7-16(13(12)17)11-6-8-21-9-11/h4-5,7,11,15H,6,8-10H2,1-3H3. The van der Waals surface area contributed by atoms with Crippen LogP contribution in [0.4, 0.5) is 5.69 Å². The second-order valence-corrected chi connectivity index (χ2v) is 7.70. The Labute approximate surface area is 130 Å². The third kappa shape index (κ3) is 4.08. The molecular formula is C14H22N2O5S. The number of nitrogens with one attached hydrogen (secondary N) is 1. The van der Waals surface area contributed by atoms with Gasteiger partial charge in [-0.25, -0.2) is 8.42 Å². The molecule has 7 nitrogen and oxygen atoms in total. The first kappa shape index (κ1) is 17.0. The van der Waals surface area contributed by atoms with Crippen LogP contribution in [0.3, 0.4) is 0 Å². The molecule has 2 heterocycles. The van der Waals surface area contributed by atoms with Gasteiger partial charge in [0.25, 0.3) is 5.56 Å². The Morgan fingerprint density at radius 1 is 1.50 bits per heavy atom. The van der Waals surface area contributed by atoms with Gasteiger partial charge in [-0.15, -0.1) is 0 Å². The maximum Gasteiger partial charge on any atom is 0.275 e. The van der Waals surface area contributed by atoms with Crippen LogP contribution < -0.4 is 10.3 Å². The first-order valence-electron chi connectivity index (χ1n) is 7.09. The molecule has 1 atom stereocenters. The number of hydrogen-bond acceptors (Lipinski definition) is 5. The van der Waals surface area contributed by atoms with Crippen LogP contribution in [0.25, 0.3) is 0 Å². The Morgan fingerprint density at radius 2 is 2.23 bits per heavy atom. The van der Waals surface area contributed by atoms with Crippen LogP contribution in [0.1, 0.15) is 26.3 Å². The molecule has 0 radical (unpaired) electrons. The molecule has 1 saturated heterocycles. The molecule has 1 unspecified atom stereocenters. The molecule has 22 heavy (non-hydrogen) atoms. The van der Waals surface area contributed by atoms with Gasteiger partial charge in [-0.3, -0.25) is 9.52 Å². The number of anilines is 1. The highest BCUT2D eigenvalue weighted by molar-refractivity contribution is 7.92. The second-order valence-electron chi connectivity index (χ2n) is 5.98. The molecule has 1 aromatic rings. The predicted octanol–water partition coefficient (Wildman–Crippen LogP) is 0.976. The van der Waals surface area contributed by atoms with Gasteiger partial charge >= 0.3 is 0 Å². The van der Waals surface area contributed by atoms with Crippen molar-refractivity contribution in [1.29, 1.82) is 0 Å². The minimum atomic E-state index is -3.69. The summed E-state index contributed by atoms with van der Waals surface area (Å²) in [6.45, 7) is 4.42. The lowest BCUT2D eigenvalue weighted by atomic mass is 10.2. The number of aromatic nitrogens is 1. The van der Waals surface area contributed by atoms with Crippen LogP contribution in [-0.4, -0.2) is 44.7 Å². The predicted molar refractivity (Wildman–Crippen MR) is 83.7 cm³/mol. The zero-order valence-corrected chi connectivity index (χ0v) is 13.9. The first-order valence-corrected chi connectivity index (χ1v) is 8.74. The van der Waals surface area contributed by atoms with Crippen molar-refractivity contribution >= 4 is 15.7 Å². The van der Waals surface area contributed by atoms with Crippen molar-refractivity contribution in [2.45, 2.75) is 31.9 Å². The number of ether oxygens (including phenoxy) is 2. The van der Waals surface area contributed by atoms with Gasteiger partial charge in [-0.05, 0) is 32.4 Å². The van der Waals surface area contributed by atoms with Crippen LogP contribution in [0.15, 0.2) is 23.1 Å². The zero-order chi connectivity index (χ0) is 16.4. The van der Waals surface area contributed by atoms with Gasteiger partial charge in [0, 0.05) is 19.9 Å². The van der Waals surface area contributed by atoms with Crippen molar-refractivity contribution in [1.82, 2.24) is 4.57 Å². The number of methoxy groups -OCH3 is 1. The van der Waals surface area contributed by atoms with Gasteiger partial charge in [0.2, 0.25) is 10.0 Å². The summed E-state index contributed by atoms with van der Waals surface area (Å²) in [5.74, 6) is -0.239. The Hall–Kier alpha value is -1.38. The second kappa shape index (κ2) is 6.39. The van der Waals surface area contributed by atoms with E-state index in [1.165, 1.54) is 17.7 Å². The first-order chi connectivity index (χ1) is 10.2. The average Bonchev–Trinajstić information content (AvgIpc) is 2.93. The molecule has 2 rings (SSSR count).